The lowest BCUT2D eigenvalue weighted by Crippen LogP contribution is -2.33. The summed E-state index contributed by atoms with van der Waals surface area (Å²) >= 11 is 0. The second-order valence-corrected chi connectivity index (χ2v) is 10.1. The van der Waals surface area contributed by atoms with Gasteiger partial charge >= 0.3 is 5.97 Å². The van der Waals surface area contributed by atoms with Gasteiger partial charge in [0.25, 0.3) is 11.8 Å². The molecule has 4 aromatic rings. The van der Waals surface area contributed by atoms with E-state index in [1.807, 2.05) is 10.6 Å². The Bertz CT molecular complexity index is 1710. The Morgan fingerprint density at radius 2 is 1.77 bits per heavy atom. The van der Waals surface area contributed by atoms with Crippen molar-refractivity contribution in [3.05, 3.63) is 84.3 Å². The number of carbonyl (C=O) groups is 3. The minimum atomic E-state index is -4.76. The molecule has 40 heavy (non-hydrogen) atoms. The van der Waals surface area contributed by atoms with Crippen LogP contribution in [0.15, 0.2) is 82.5 Å². The molecule has 2 aromatic carbocycles. The van der Waals surface area contributed by atoms with Gasteiger partial charge in [0.1, 0.15) is 15.9 Å². The molecule has 0 unspecified atom stereocenters. The van der Waals surface area contributed by atoms with Gasteiger partial charge in [0.05, 0.1) is 23.8 Å². The fourth-order valence-electron chi connectivity index (χ4n) is 4.07. The van der Waals surface area contributed by atoms with Crippen LogP contribution in [0.2, 0.25) is 0 Å². The number of benzene rings is 2. The average Bonchev–Trinajstić information content (AvgIpc) is 3.56. The first kappa shape index (κ1) is 26.7. The highest BCUT2D eigenvalue weighted by atomic mass is 32.2. The van der Waals surface area contributed by atoms with Gasteiger partial charge in [0, 0.05) is 41.7 Å². The molecular weight excluding hydrogens is 542 g/mol. The lowest BCUT2D eigenvalue weighted by atomic mass is 10.1. The summed E-state index contributed by atoms with van der Waals surface area (Å²) in [6, 6.07) is 14.3. The molecule has 0 radical (unpaired) electrons. The molecule has 2 aromatic heterocycles. The molecule has 13 heteroatoms. The zero-order valence-electron chi connectivity index (χ0n) is 21.0. The molecule has 2 amide bonds. The number of ether oxygens (including phenoxy) is 1. The third kappa shape index (κ3) is 5.60. The van der Waals surface area contributed by atoms with Crippen LogP contribution in [0.4, 0.5) is 0 Å². The maximum atomic E-state index is 12.5. The Balaban J connectivity index is 1.29. The second kappa shape index (κ2) is 10.7. The number of hydrogen-bond donors (Lipinski definition) is 0. The number of rotatable bonds is 8. The zero-order chi connectivity index (χ0) is 28.4. The van der Waals surface area contributed by atoms with Gasteiger partial charge in [-0.1, -0.05) is 12.1 Å². The van der Waals surface area contributed by atoms with E-state index in [4.69, 9.17) is 14.0 Å². The summed E-state index contributed by atoms with van der Waals surface area (Å²) < 4.78 is 47.4. The number of imide groups is 1. The summed E-state index contributed by atoms with van der Waals surface area (Å²) in [4.78, 5) is 44.6. The maximum Gasteiger partial charge on any atom is 0.363 e. The predicted molar refractivity (Wildman–Crippen MR) is 134 cm³/mol. The molecule has 0 saturated carbocycles. The Morgan fingerprint density at radius 3 is 2.45 bits per heavy atom. The fraction of sp³-hybridized carbons (Fsp3) is 0.148. The van der Waals surface area contributed by atoms with E-state index in [1.54, 1.807) is 42.7 Å². The number of nitrogens with zero attached hydrogens (tertiary/aromatic N) is 3. The summed E-state index contributed by atoms with van der Waals surface area (Å²) in [6.45, 7) is 0.401. The normalized spacial score (nSPS) is 13.5. The van der Waals surface area contributed by atoms with E-state index in [0.29, 0.717) is 22.7 Å². The van der Waals surface area contributed by atoms with Crippen molar-refractivity contribution in [2.24, 2.45) is 0 Å². The van der Waals surface area contributed by atoms with Crippen LogP contribution in [0.5, 0.6) is 5.75 Å². The van der Waals surface area contributed by atoms with Crippen molar-refractivity contribution in [3.63, 3.8) is 0 Å². The molecule has 1 aliphatic rings. The Labute approximate surface area is 228 Å². The van der Waals surface area contributed by atoms with Crippen molar-refractivity contribution in [1.82, 2.24) is 10.0 Å². The van der Waals surface area contributed by atoms with Crippen LogP contribution in [-0.2, 0) is 31.1 Å². The summed E-state index contributed by atoms with van der Waals surface area (Å²) in [5.41, 5.74) is 1.95. The summed E-state index contributed by atoms with van der Waals surface area (Å²) in [5.74, 6) is -1.42. The fourth-order valence-corrected chi connectivity index (χ4v) is 4.74. The molecule has 0 atom stereocenters. The van der Waals surface area contributed by atoms with Gasteiger partial charge in [-0.2, -0.15) is 0 Å². The summed E-state index contributed by atoms with van der Waals surface area (Å²) in [5, 5.41) is 0.510. The van der Waals surface area contributed by atoms with E-state index in [-0.39, 0.29) is 35.8 Å². The average molecular weight is 564 g/mol. The number of hydroxylamine groups is 2. The van der Waals surface area contributed by atoms with Crippen molar-refractivity contribution in [2.45, 2.75) is 24.3 Å². The minimum absolute atomic E-state index is 0.0157. The monoisotopic (exact) mass is 563 g/mol. The first-order valence-corrected chi connectivity index (χ1v) is 13.3. The predicted octanol–water partition coefficient (Wildman–Crippen LogP) is 2.48. The van der Waals surface area contributed by atoms with E-state index >= 15 is 0 Å². The molecule has 0 spiro atoms. The Kier molecular flexibility index (Phi) is 7.15. The van der Waals surface area contributed by atoms with Crippen LogP contribution in [0.3, 0.4) is 0 Å². The van der Waals surface area contributed by atoms with Crippen LogP contribution in [-0.4, -0.2) is 47.9 Å². The molecule has 0 aliphatic carbocycles. The first-order valence-electron chi connectivity index (χ1n) is 11.9. The smallest absolute Gasteiger partial charge is 0.363 e. The number of carbonyl (C=O) groups excluding carboxylic acids is 3. The van der Waals surface area contributed by atoms with Gasteiger partial charge in [0.15, 0.2) is 24.7 Å². The second-order valence-electron chi connectivity index (χ2n) is 8.77. The molecule has 1 saturated heterocycles. The van der Waals surface area contributed by atoms with E-state index in [9.17, 15) is 27.4 Å². The quantitative estimate of drug-likeness (QED) is 0.177. The van der Waals surface area contributed by atoms with Crippen LogP contribution < -0.4 is 9.30 Å². The number of amides is 2. The lowest BCUT2D eigenvalue weighted by Gasteiger charge is -2.12. The van der Waals surface area contributed by atoms with Gasteiger partial charge < -0.3 is 18.5 Å². The molecular formula is C27H21N3O9S. The molecule has 5 rings (SSSR count). The standard InChI is InChI=1S/C27H21N3O9S/c1-37-21-6-5-19(14-23(21)40(34,35)36)22-15-28-26(38-22)18-9-11-29(12-10-18)16-17-3-2-4-20(13-17)27(33)39-30-24(31)7-8-25(30)32/h2-6,9-15H,7-8,16H2,1H3. The highest BCUT2D eigenvalue weighted by Gasteiger charge is 2.33. The number of aromatic nitrogens is 2. The van der Waals surface area contributed by atoms with Crippen molar-refractivity contribution >= 4 is 27.9 Å². The molecule has 12 nitrogen and oxygen atoms in total. The summed E-state index contributed by atoms with van der Waals surface area (Å²) in [6.07, 6.45) is 5.01. The third-order valence-electron chi connectivity index (χ3n) is 6.07. The van der Waals surface area contributed by atoms with Crippen molar-refractivity contribution < 1.29 is 45.9 Å². The SMILES string of the molecule is COc1ccc(-c2cnc(-c3cc[n+](Cc4cccc(C(=O)ON5C(=O)CCC5=O)c4)cc3)o2)cc1S(=O)(=O)[O-]. The van der Waals surface area contributed by atoms with Crippen LogP contribution in [0, 0.1) is 0 Å². The number of pyridine rings is 1. The number of hydrogen-bond acceptors (Lipinski definition) is 10. The summed E-state index contributed by atoms with van der Waals surface area (Å²) in [7, 11) is -3.50. The van der Waals surface area contributed by atoms with Gasteiger partial charge in [-0.25, -0.2) is 22.8 Å². The van der Waals surface area contributed by atoms with Gasteiger partial charge in [-0.15, -0.1) is 5.06 Å². The number of oxazole rings is 1. The van der Waals surface area contributed by atoms with Crippen molar-refractivity contribution in [1.29, 1.82) is 0 Å². The Morgan fingerprint density at radius 1 is 1.05 bits per heavy atom. The minimum Gasteiger partial charge on any atom is -0.744 e. The van der Waals surface area contributed by atoms with Crippen molar-refractivity contribution in [3.8, 4) is 28.5 Å². The molecule has 1 aliphatic heterocycles. The molecule has 0 bridgehead atoms. The Hall–Kier alpha value is -4.88. The van der Waals surface area contributed by atoms with Gasteiger partial charge in [-0.3, -0.25) is 9.59 Å². The number of methoxy groups -OCH3 is 1. The third-order valence-corrected chi connectivity index (χ3v) is 6.93. The van der Waals surface area contributed by atoms with Gasteiger partial charge in [-0.05, 0) is 30.3 Å². The lowest BCUT2D eigenvalue weighted by molar-refractivity contribution is -0.688. The first-order chi connectivity index (χ1) is 19.1. The topological polar surface area (TPSA) is 160 Å². The highest BCUT2D eigenvalue weighted by Crippen LogP contribution is 2.31. The van der Waals surface area contributed by atoms with Crippen LogP contribution in [0.25, 0.3) is 22.8 Å². The van der Waals surface area contributed by atoms with E-state index in [0.717, 1.165) is 5.56 Å². The zero-order valence-corrected chi connectivity index (χ0v) is 21.8. The van der Waals surface area contributed by atoms with E-state index in [1.165, 1.54) is 31.5 Å². The van der Waals surface area contributed by atoms with Crippen LogP contribution >= 0.6 is 0 Å². The molecule has 3 heterocycles. The molecule has 1 fully saturated rings. The maximum absolute atomic E-state index is 12.5. The van der Waals surface area contributed by atoms with Crippen molar-refractivity contribution in [2.75, 3.05) is 7.11 Å². The molecule has 204 valence electrons. The molecule has 0 N–H and O–H groups in total. The van der Waals surface area contributed by atoms with Crippen LogP contribution in [0.1, 0.15) is 28.8 Å². The van der Waals surface area contributed by atoms with E-state index in [2.05, 4.69) is 4.98 Å². The van der Waals surface area contributed by atoms with E-state index < -0.39 is 32.8 Å². The highest BCUT2D eigenvalue weighted by molar-refractivity contribution is 7.85. The van der Waals surface area contributed by atoms with Gasteiger partial charge in [0.2, 0.25) is 5.89 Å². The largest absolute Gasteiger partial charge is 0.744 e.